The lowest BCUT2D eigenvalue weighted by atomic mass is 9.90. The standard InChI is InChI=1S/C11H21NO2/c12-8-6-9(7-8)14-11-5-3-1-2-4-10(11)13/h8-11,13H,1-7,12H2. The first kappa shape index (κ1) is 10.4. The quantitative estimate of drug-likeness (QED) is 0.657. The summed E-state index contributed by atoms with van der Waals surface area (Å²) in [6.07, 6.45) is 7.61. The van der Waals surface area contributed by atoms with Crippen LogP contribution >= 0.6 is 0 Å². The normalized spacial score (nSPS) is 44.1. The zero-order valence-corrected chi connectivity index (χ0v) is 8.69. The molecule has 2 atom stereocenters. The van der Waals surface area contributed by atoms with Gasteiger partial charge in [-0.3, -0.25) is 0 Å². The van der Waals surface area contributed by atoms with Gasteiger partial charge in [-0.1, -0.05) is 19.3 Å². The van der Waals surface area contributed by atoms with Gasteiger partial charge in [0.05, 0.1) is 18.3 Å². The Morgan fingerprint density at radius 3 is 2.50 bits per heavy atom. The van der Waals surface area contributed by atoms with Gasteiger partial charge >= 0.3 is 0 Å². The Labute approximate surface area is 85.6 Å². The highest BCUT2D eigenvalue weighted by atomic mass is 16.5. The Hall–Kier alpha value is -0.120. The highest BCUT2D eigenvalue weighted by Gasteiger charge is 2.32. The molecule has 3 nitrogen and oxygen atoms in total. The summed E-state index contributed by atoms with van der Waals surface area (Å²) in [6, 6.07) is 0.336. The van der Waals surface area contributed by atoms with E-state index in [4.69, 9.17) is 10.5 Å². The van der Waals surface area contributed by atoms with Crippen molar-refractivity contribution >= 4 is 0 Å². The topological polar surface area (TPSA) is 55.5 Å². The highest BCUT2D eigenvalue weighted by Crippen LogP contribution is 2.28. The molecule has 0 heterocycles. The van der Waals surface area contributed by atoms with E-state index in [2.05, 4.69) is 0 Å². The molecule has 14 heavy (non-hydrogen) atoms. The number of nitrogens with two attached hydrogens (primary N) is 1. The SMILES string of the molecule is NC1CC(OC2CCCCCC2O)C1. The molecule has 0 aromatic carbocycles. The van der Waals surface area contributed by atoms with Gasteiger partial charge in [0.15, 0.2) is 0 Å². The molecule has 0 bridgehead atoms. The third kappa shape index (κ3) is 2.47. The van der Waals surface area contributed by atoms with Gasteiger partial charge < -0.3 is 15.6 Å². The molecule has 2 rings (SSSR count). The van der Waals surface area contributed by atoms with Gasteiger partial charge in [-0.2, -0.15) is 0 Å². The lowest BCUT2D eigenvalue weighted by Gasteiger charge is -2.36. The summed E-state index contributed by atoms with van der Waals surface area (Å²) in [5.41, 5.74) is 5.70. The number of rotatable bonds is 2. The maximum absolute atomic E-state index is 9.83. The fraction of sp³-hybridized carbons (Fsp3) is 1.00. The molecule has 0 aromatic rings. The zero-order chi connectivity index (χ0) is 9.97. The molecule has 3 N–H and O–H groups in total. The van der Waals surface area contributed by atoms with Gasteiger partial charge in [0.25, 0.3) is 0 Å². The fourth-order valence-electron chi connectivity index (χ4n) is 2.38. The number of hydrogen-bond acceptors (Lipinski definition) is 3. The molecule has 2 fully saturated rings. The zero-order valence-electron chi connectivity index (χ0n) is 8.69. The summed E-state index contributed by atoms with van der Waals surface area (Å²) in [4.78, 5) is 0. The van der Waals surface area contributed by atoms with Crippen molar-refractivity contribution in [2.45, 2.75) is 69.3 Å². The summed E-state index contributed by atoms with van der Waals surface area (Å²) in [5, 5.41) is 9.83. The van der Waals surface area contributed by atoms with Crippen LogP contribution in [0.25, 0.3) is 0 Å². The van der Waals surface area contributed by atoms with Crippen molar-refractivity contribution in [1.29, 1.82) is 0 Å². The van der Waals surface area contributed by atoms with Crippen molar-refractivity contribution in [3.63, 3.8) is 0 Å². The Morgan fingerprint density at radius 2 is 1.79 bits per heavy atom. The first-order valence-electron chi connectivity index (χ1n) is 5.85. The second-order valence-corrected chi connectivity index (χ2v) is 4.73. The third-order valence-electron chi connectivity index (χ3n) is 3.42. The van der Waals surface area contributed by atoms with E-state index in [0.717, 1.165) is 32.1 Å². The van der Waals surface area contributed by atoms with Crippen molar-refractivity contribution in [3.8, 4) is 0 Å². The largest absolute Gasteiger partial charge is 0.390 e. The lowest BCUT2D eigenvalue weighted by Crippen LogP contribution is -2.45. The minimum absolute atomic E-state index is 0.0787. The molecule has 2 unspecified atom stereocenters. The highest BCUT2D eigenvalue weighted by molar-refractivity contribution is 4.85. The van der Waals surface area contributed by atoms with Gasteiger partial charge in [0.2, 0.25) is 0 Å². The van der Waals surface area contributed by atoms with E-state index in [9.17, 15) is 5.11 Å². The first-order chi connectivity index (χ1) is 6.75. The molecule has 0 spiro atoms. The average Bonchev–Trinajstić information content (AvgIpc) is 2.29. The third-order valence-corrected chi connectivity index (χ3v) is 3.42. The number of aliphatic hydroxyl groups excluding tert-OH is 1. The van der Waals surface area contributed by atoms with Crippen LogP contribution in [0, 0.1) is 0 Å². The van der Waals surface area contributed by atoms with Gasteiger partial charge in [-0.15, -0.1) is 0 Å². The minimum Gasteiger partial charge on any atom is -0.390 e. The summed E-state index contributed by atoms with van der Waals surface area (Å²) < 4.78 is 5.86. The Morgan fingerprint density at radius 1 is 1.07 bits per heavy atom. The maximum atomic E-state index is 9.83. The monoisotopic (exact) mass is 199 g/mol. The predicted molar refractivity (Wildman–Crippen MR) is 55.0 cm³/mol. The molecule has 0 aromatic heterocycles. The summed E-state index contributed by atoms with van der Waals surface area (Å²) in [5.74, 6) is 0. The second-order valence-electron chi connectivity index (χ2n) is 4.73. The van der Waals surface area contributed by atoms with Crippen LogP contribution in [0.2, 0.25) is 0 Å². The van der Waals surface area contributed by atoms with Crippen molar-refractivity contribution < 1.29 is 9.84 Å². The smallest absolute Gasteiger partial charge is 0.0837 e. The van der Waals surface area contributed by atoms with Crippen LogP contribution in [-0.4, -0.2) is 29.5 Å². The summed E-state index contributed by atoms with van der Waals surface area (Å²) in [7, 11) is 0. The Balaban J connectivity index is 1.77. The van der Waals surface area contributed by atoms with Crippen molar-refractivity contribution in [1.82, 2.24) is 0 Å². The summed E-state index contributed by atoms with van der Waals surface area (Å²) in [6.45, 7) is 0. The van der Waals surface area contributed by atoms with Crippen LogP contribution in [0.15, 0.2) is 0 Å². The van der Waals surface area contributed by atoms with Crippen molar-refractivity contribution in [2.24, 2.45) is 5.73 Å². The van der Waals surface area contributed by atoms with E-state index in [-0.39, 0.29) is 12.2 Å². The molecule has 0 radical (unpaired) electrons. The van der Waals surface area contributed by atoms with E-state index in [0.29, 0.717) is 12.1 Å². The fourth-order valence-corrected chi connectivity index (χ4v) is 2.38. The molecule has 3 heteroatoms. The van der Waals surface area contributed by atoms with E-state index >= 15 is 0 Å². The van der Waals surface area contributed by atoms with Crippen LogP contribution < -0.4 is 5.73 Å². The van der Waals surface area contributed by atoms with E-state index in [1.807, 2.05) is 0 Å². The van der Waals surface area contributed by atoms with E-state index < -0.39 is 0 Å². The van der Waals surface area contributed by atoms with Gasteiger partial charge in [-0.05, 0) is 25.7 Å². The lowest BCUT2D eigenvalue weighted by molar-refractivity contribution is -0.108. The summed E-state index contributed by atoms with van der Waals surface area (Å²) >= 11 is 0. The molecular weight excluding hydrogens is 178 g/mol. The van der Waals surface area contributed by atoms with Crippen LogP contribution in [0.4, 0.5) is 0 Å². The van der Waals surface area contributed by atoms with Gasteiger partial charge in [-0.25, -0.2) is 0 Å². The molecule has 2 aliphatic carbocycles. The molecule has 0 amide bonds. The molecule has 0 aliphatic heterocycles. The van der Waals surface area contributed by atoms with Crippen LogP contribution in [-0.2, 0) is 4.74 Å². The number of hydrogen-bond donors (Lipinski definition) is 2. The van der Waals surface area contributed by atoms with Gasteiger partial charge in [0.1, 0.15) is 0 Å². The molecular formula is C11H21NO2. The van der Waals surface area contributed by atoms with Crippen LogP contribution in [0.5, 0.6) is 0 Å². The van der Waals surface area contributed by atoms with Crippen molar-refractivity contribution in [2.75, 3.05) is 0 Å². The van der Waals surface area contributed by atoms with Crippen molar-refractivity contribution in [3.05, 3.63) is 0 Å². The number of ether oxygens (including phenoxy) is 1. The maximum Gasteiger partial charge on any atom is 0.0837 e. The van der Waals surface area contributed by atoms with Crippen LogP contribution in [0.3, 0.4) is 0 Å². The number of aliphatic hydroxyl groups is 1. The first-order valence-corrected chi connectivity index (χ1v) is 5.85. The van der Waals surface area contributed by atoms with Gasteiger partial charge in [0, 0.05) is 6.04 Å². The Kier molecular flexibility index (Phi) is 3.42. The minimum atomic E-state index is -0.241. The molecule has 2 saturated carbocycles. The van der Waals surface area contributed by atoms with E-state index in [1.54, 1.807) is 0 Å². The average molecular weight is 199 g/mol. The second kappa shape index (κ2) is 4.60. The van der Waals surface area contributed by atoms with Crippen LogP contribution in [0.1, 0.15) is 44.9 Å². The molecule has 2 aliphatic rings. The predicted octanol–water partition coefficient (Wildman–Crippen LogP) is 1.19. The Bertz CT molecular complexity index is 180. The molecule has 0 saturated heterocycles. The molecule has 82 valence electrons. The van der Waals surface area contributed by atoms with E-state index in [1.165, 1.54) is 12.8 Å².